The average Bonchev–Trinajstić information content (AvgIpc) is 2.71. The minimum atomic E-state index is -1.11. The number of ether oxygens (including phenoxy) is 2. The first kappa shape index (κ1) is 24.0. The molecule has 0 aliphatic carbocycles. The molecule has 0 aromatic heterocycles. The molecule has 4 amide bonds. The summed E-state index contributed by atoms with van der Waals surface area (Å²) in [4.78, 5) is 49.5. The molecule has 2 aromatic carbocycles. The summed E-state index contributed by atoms with van der Waals surface area (Å²) in [6.45, 7) is 1.73. The molecule has 1 heterocycles. The summed E-state index contributed by atoms with van der Waals surface area (Å²) in [5, 5.41) is 11.0. The van der Waals surface area contributed by atoms with E-state index in [1.165, 1.54) is 12.1 Å². The molecule has 166 valence electrons. The van der Waals surface area contributed by atoms with Crippen LogP contribution < -0.4 is 19.7 Å². The first-order chi connectivity index (χ1) is 15.2. The molecule has 11 heteroatoms. The van der Waals surface area contributed by atoms with Crippen LogP contribution in [0.2, 0.25) is 0 Å². The van der Waals surface area contributed by atoms with Crippen molar-refractivity contribution in [3.05, 3.63) is 54.7 Å². The van der Waals surface area contributed by atoms with E-state index in [0.717, 1.165) is 4.90 Å². The Balaban J connectivity index is 1.96. The van der Waals surface area contributed by atoms with E-state index in [2.05, 4.69) is 5.32 Å². The predicted molar refractivity (Wildman–Crippen MR) is 132 cm³/mol. The number of benzene rings is 2. The fourth-order valence-corrected chi connectivity index (χ4v) is 5.00. The first-order valence-electron chi connectivity index (χ1n) is 9.19. The van der Waals surface area contributed by atoms with E-state index < -0.39 is 30.4 Å². The average molecular weight is 662 g/mol. The van der Waals surface area contributed by atoms with Crippen LogP contribution in [0.25, 0.3) is 6.08 Å². The smallest absolute Gasteiger partial charge is 0.341 e. The van der Waals surface area contributed by atoms with E-state index in [1.54, 1.807) is 30.3 Å². The lowest BCUT2D eigenvalue weighted by Crippen LogP contribution is -2.54. The van der Waals surface area contributed by atoms with Gasteiger partial charge in [0.1, 0.15) is 17.1 Å². The number of amides is 4. The molecule has 0 unspecified atom stereocenters. The van der Waals surface area contributed by atoms with Crippen molar-refractivity contribution in [3.8, 4) is 11.5 Å². The van der Waals surface area contributed by atoms with Gasteiger partial charge in [-0.2, -0.15) is 0 Å². The molecule has 32 heavy (non-hydrogen) atoms. The normalized spacial score (nSPS) is 15.0. The van der Waals surface area contributed by atoms with Crippen molar-refractivity contribution in [3.63, 3.8) is 0 Å². The maximum absolute atomic E-state index is 13.1. The highest BCUT2D eigenvalue weighted by molar-refractivity contribution is 14.1. The minimum Gasteiger partial charge on any atom is -0.494 e. The van der Waals surface area contributed by atoms with Crippen LogP contribution in [0, 0.1) is 7.14 Å². The molecule has 0 radical (unpaired) electrons. The van der Waals surface area contributed by atoms with Gasteiger partial charge >= 0.3 is 12.0 Å². The number of urea groups is 1. The van der Waals surface area contributed by atoms with Crippen LogP contribution in [0.4, 0.5) is 10.5 Å². The van der Waals surface area contributed by atoms with Crippen molar-refractivity contribution in [2.45, 2.75) is 6.92 Å². The molecular weight excluding hydrogens is 646 g/mol. The van der Waals surface area contributed by atoms with Crippen molar-refractivity contribution in [1.29, 1.82) is 0 Å². The largest absolute Gasteiger partial charge is 0.494 e. The number of hydrogen-bond acceptors (Lipinski definition) is 6. The van der Waals surface area contributed by atoms with E-state index in [4.69, 9.17) is 14.6 Å². The van der Waals surface area contributed by atoms with E-state index in [1.807, 2.05) is 52.1 Å². The van der Waals surface area contributed by atoms with Gasteiger partial charge in [0.2, 0.25) is 0 Å². The van der Waals surface area contributed by atoms with Crippen LogP contribution in [0.5, 0.6) is 11.5 Å². The summed E-state index contributed by atoms with van der Waals surface area (Å²) in [6.07, 6.45) is 1.37. The maximum atomic E-state index is 13.1. The predicted octanol–water partition coefficient (Wildman–Crippen LogP) is 3.42. The van der Waals surface area contributed by atoms with Crippen LogP contribution in [0.1, 0.15) is 12.5 Å². The Morgan fingerprint density at radius 3 is 2.44 bits per heavy atom. The van der Waals surface area contributed by atoms with E-state index in [9.17, 15) is 19.2 Å². The van der Waals surface area contributed by atoms with Gasteiger partial charge in [-0.3, -0.25) is 14.9 Å². The maximum Gasteiger partial charge on any atom is 0.341 e. The number of barbiturate groups is 1. The number of carbonyl (C=O) groups is 4. The Morgan fingerprint density at radius 2 is 1.81 bits per heavy atom. The van der Waals surface area contributed by atoms with Gasteiger partial charge in [-0.1, -0.05) is 6.07 Å². The van der Waals surface area contributed by atoms with Crippen molar-refractivity contribution in [2.75, 3.05) is 18.1 Å². The Labute approximate surface area is 210 Å². The number of imide groups is 2. The minimum absolute atomic E-state index is 0.225. The van der Waals surface area contributed by atoms with Gasteiger partial charge in [-0.15, -0.1) is 0 Å². The molecule has 0 spiro atoms. The number of anilines is 1. The van der Waals surface area contributed by atoms with Gasteiger partial charge < -0.3 is 14.6 Å². The third-order valence-electron chi connectivity index (χ3n) is 4.16. The molecule has 2 aromatic rings. The lowest BCUT2D eigenvalue weighted by atomic mass is 10.1. The van der Waals surface area contributed by atoms with E-state index in [0.29, 0.717) is 30.8 Å². The number of carbonyl (C=O) groups excluding carboxylic acids is 3. The Hall–Kier alpha value is -2.68. The van der Waals surface area contributed by atoms with Crippen molar-refractivity contribution in [1.82, 2.24) is 5.32 Å². The quantitative estimate of drug-likeness (QED) is 0.265. The first-order valence-corrected chi connectivity index (χ1v) is 11.3. The second kappa shape index (κ2) is 10.3. The fraction of sp³-hybridized carbons (Fsp3) is 0.143. The zero-order valence-corrected chi connectivity index (χ0v) is 20.9. The molecule has 0 atom stereocenters. The molecule has 0 saturated carbocycles. The van der Waals surface area contributed by atoms with Gasteiger partial charge in [0.05, 0.1) is 19.4 Å². The zero-order valence-electron chi connectivity index (χ0n) is 16.6. The molecule has 1 saturated heterocycles. The Bertz CT molecular complexity index is 1120. The highest BCUT2D eigenvalue weighted by Crippen LogP contribution is 2.31. The SMILES string of the molecule is CCOc1cccc(N2C(=O)NC(=O)/C(=C\c3cc(I)c(OCC(=O)O)c(I)c3)C2=O)c1. The van der Waals surface area contributed by atoms with Gasteiger partial charge in [0, 0.05) is 6.07 Å². The number of rotatable bonds is 7. The second-order valence-electron chi connectivity index (χ2n) is 6.38. The summed E-state index contributed by atoms with van der Waals surface area (Å²) in [5.74, 6) is -1.82. The summed E-state index contributed by atoms with van der Waals surface area (Å²) in [5.41, 5.74) is 0.549. The van der Waals surface area contributed by atoms with Crippen LogP contribution in [-0.2, 0) is 14.4 Å². The molecule has 3 rings (SSSR count). The molecule has 9 nitrogen and oxygen atoms in total. The van der Waals surface area contributed by atoms with Gasteiger partial charge in [0.25, 0.3) is 11.8 Å². The Kier molecular flexibility index (Phi) is 7.71. The third-order valence-corrected chi connectivity index (χ3v) is 5.76. The fourth-order valence-electron chi connectivity index (χ4n) is 2.87. The standard InChI is InChI=1S/C21H16I2N2O7/c1-2-31-13-5-3-4-12(9-13)25-20(29)14(19(28)24-21(25)30)6-11-7-15(22)18(16(23)8-11)32-10-17(26)27/h3-9H,2,10H2,1H3,(H,26,27)(H,24,28,30)/b14-6+. The second-order valence-corrected chi connectivity index (χ2v) is 8.71. The number of carboxylic acids is 1. The summed E-state index contributed by atoms with van der Waals surface area (Å²) in [6, 6.07) is 8.86. The zero-order chi connectivity index (χ0) is 23.4. The third kappa shape index (κ3) is 5.38. The van der Waals surface area contributed by atoms with Crippen LogP contribution in [-0.4, -0.2) is 42.1 Å². The van der Waals surface area contributed by atoms with Crippen LogP contribution >= 0.6 is 45.2 Å². The highest BCUT2D eigenvalue weighted by Gasteiger charge is 2.37. The summed E-state index contributed by atoms with van der Waals surface area (Å²) >= 11 is 3.95. The lowest BCUT2D eigenvalue weighted by molar-refractivity contribution is -0.139. The topological polar surface area (TPSA) is 122 Å². The molecule has 1 fully saturated rings. The molecule has 0 bridgehead atoms. The van der Waals surface area contributed by atoms with Crippen molar-refractivity contribution in [2.24, 2.45) is 0 Å². The summed E-state index contributed by atoms with van der Waals surface area (Å²) in [7, 11) is 0. The number of halogens is 2. The lowest BCUT2D eigenvalue weighted by Gasteiger charge is -2.26. The Morgan fingerprint density at radius 1 is 1.12 bits per heavy atom. The monoisotopic (exact) mass is 662 g/mol. The van der Waals surface area contributed by atoms with Crippen LogP contribution in [0.15, 0.2) is 42.0 Å². The summed E-state index contributed by atoms with van der Waals surface area (Å²) < 4.78 is 11.9. The van der Waals surface area contributed by atoms with Crippen LogP contribution in [0.3, 0.4) is 0 Å². The van der Waals surface area contributed by atoms with Gasteiger partial charge in [0.15, 0.2) is 6.61 Å². The van der Waals surface area contributed by atoms with Crippen molar-refractivity contribution < 1.29 is 33.8 Å². The molecule has 2 N–H and O–H groups in total. The number of nitrogens with zero attached hydrogens (tertiary/aromatic N) is 1. The number of carboxylic acid groups (broad SMARTS) is 1. The van der Waals surface area contributed by atoms with Gasteiger partial charge in [-0.05, 0) is 88.0 Å². The number of nitrogens with one attached hydrogen (secondary N) is 1. The molecular formula is C21H16I2N2O7. The van der Waals surface area contributed by atoms with E-state index in [-0.39, 0.29) is 11.3 Å². The molecule has 1 aliphatic heterocycles. The highest BCUT2D eigenvalue weighted by atomic mass is 127. The number of hydrogen-bond donors (Lipinski definition) is 2. The number of aliphatic carboxylic acids is 1. The van der Waals surface area contributed by atoms with Gasteiger partial charge in [-0.25, -0.2) is 14.5 Å². The molecule has 1 aliphatic rings. The van der Waals surface area contributed by atoms with E-state index >= 15 is 0 Å². The van der Waals surface area contributed by atoms with Crippen molar-refractivity contribution >= 4 is 80.8 Å².